The number of hydrogen-bond donors (Lipinski definition) is 2. The van der Waals surface area contributed by atoms with Gasteiger partial charge >= 0.3 is 0 Å². The topological polar surface area (TPSA) is 59.1 Å². The first-order valence-corrected chi connectivity index (χ1v) is 7.13. The molecule has 0 aliphatic heterocycles. The van der Waals surface area contributed by atoms with E-state index in [-0.39, 0.29) is 0 Å². The fourth-order valence-electron chi connectivity index (χ4n) is 2.25. The van der Waals surface area contributed by atoms with Crippen molar-refractivity contribution in [1.29, 1.82) is 0 Å². The van der Waals surface area contributed by atoms with E-state index >= 15 is 0 Å². The van der Waals surface area contributed by atoms with Crippen molar-refractivity contribution in [2.75, 3.05) is 24.3 Å². The molecular weight excluding hydrogens is 240 g/mol. The Hall–Kier alpha value is -1.36. The lowest BCUT2D eigenvalue weighted by molar-refractivity contribution is 0.128. The third-order valence-electron chi connectivity index (χ3n) is 3.70. The van der Waals surface area contributed by atoms with E-state index in [1.165, 1.54) is 19.3 Å². The SMILES string of the molecule is CCOCc1nc(NC)cc(NC(C)C2CCC2)n1. The number of ether oxygens (including phenoxy) is 1. The number of nitrogens with one attached hydrogen (secondary N) is 2. The van der Waals surface area contributed by atoms with Crippen molar-refractivity contribution in [2.45, 2.75) is 45.8 Å². The molecule has 1 aromatic heterocycles. The molecule has 19 heavy (non-hydrogen) atoms. The van der Waals surface area contributed by atoms with Gasteiger partial charge in [0, 0.05) is 25.8 Å². The maximum absolute atomic E-state index is 5.38. The smallest absolute Gasteiger partial charge is 0.158 e. The molecule has 5 nitrogen and oxygen atoms in total. The Labute approximate surface area is 115 Å². The van der Waals surface area contributed by atoms with Crippen molar-refractivity contribution in [3.63, 3.8) is 0 Å². The Morgan fingerprint density at radius 2 is 2.11 bits per heavy atom. The number of hydrogen-bond acceptors (Lipinski definition) is 5. The highest BCUT2D eigenvalue weighted by atomic mass is 16.5. The molecule has 1 atom stereocenters. The summed E-state index contributed by atoms with van der Waals surface area (Å²) >= 11 is 0. The standard InChI is InChI=1S/C14H24N4O/c1-4-19-9-14-17-12(15-3)8-13(18-14)16-10(2)11-6-5-7-11/h8,10-11H,4-7,9H2,1-3H3,(H2,15,16,17,18). The van der Waals surface area contributed by atoms with Gasteiger partial charge in [0.05, 0.1) is 0 Å². The fourth-order valence-corrected chi connectivity index (χ4v) is 2.25. The van der Waals surface area contributed by atoms with Gasteiger partial charge in [0.15, 0.2) is 5.82 Å². The third kappa shape index (κ3) is 3.80. The summed E-state index contributed by atoms with van der Waals surface area (Å²) in [6.45, 7) is 5.33. The van der Waals surface area contributed by atoms with E-state index in [1.807, 2.05) is 20.0 Å². The average molecular weight is 264 g/mol. The van der Waals surface area contributed by atoms with Crippen LogP contribution in [0.15, 0.2) is 6.07 Å². The second-order valence-corrected chi connectivity index (χ2v) is 5.07. The average Bonchev–Trinajstić information content (AvgIpc) is 2.33. The lowest BCUT2D eigenvalue weighted by Crippen LogP contribution is -2.31. The Kier molecular flexibility index (Phi) is 4.96. The van der Waals surface area contributed by atoms with E-state index in [0.717, 1.165) is 23.4 Å². The zero-order valence-electron chi connectivity index (χ0n) is 12.1. The molecule has 0 aromatic carbocycles. The number of rotatable bonds is 7. The van der Waals surface area contributed by atoms with Crippen molar-refractivity contribution in [1.82, 2.24) is 9.97 Å². The number of anilines is 2. The molecule has 0 spiro atoms. The summed E-state index contributed by atoms with van der Waals surface area (Å²) in [4.78, 5) is 8.90. The zero-order chi connectivity index (χ0) is 13.7. The molecule has 2 rings (SSSR count). The van der Waals surface area contributed by atoms with Crippen LogP contribution < -0.4 is 10.6 Å². The Morgan fingerprint density at radius 1 is 1.37 bits per heavy atom. The molecule has 1 unspecified atom stereocenters. The molecule has 5 heteroatoms. The van der Waals surface area contributed by atoms with Crippen LogP contribution in [0.4, 0.5) is 11.6 Å². The van der Waals surface area contributed by atoms with Gasteiger partial charge < -0.3 is 15.4 Å². The lowest BCUT2D eigenvalue weighted by Gasteiger charge is -2.32. The third-order valence-corrected chi connectivity index (χ3v) is 3.70. The van der Waals surface area contributed by atoms with Gasteiger partial charge in [-0.1, -0.05) is 6.42 Å². The van der Waals surface area contributed by atoms with Gasteiger partial charge in [-0.25, -0.2) is 9.97 Å². The fraction of sp³-hybridized carbons (Fsp3) is 0.714. The molecule has 0 saturated heterocycles. The van der Waals surface area contributed by atoms with Crippen LogP contribution in [-0.2, 0) is 11.3 Å². The van der Waals surface area contributed by atoms with Gasteiger partial charge in [-0.05, 0) is 32.6 Å². The first-order chi connectivity index (χ1) is 9.22. The lowest BCUT2D eigenvalue weighted by atomic mass is 9.80. The Morgan fingerprint density at radius 3 is 2.68 bits per heavy atom. The van der Waals surface area contributed by atoms with Crippen LogP contribution in [0, 0.1) is 5.92 Å². The molecule has 1 saturated carbocycles. The maximum atomic E-state index is 5.38. The summed E-state index contributed by atoms with van der Waals surface area (Å²) in [5.74, 6) is 3.21. The van der Waals surface area contributed by atoms with Crippen molar-refractivity contribution in [3.05, 3.63) is 11.9 Å². The molecule has 0 radical (unpaired) electrons. The molecule has 2 N–H and O–H groups in total. The molecule has 1 aliphatic rings. The second kappa shape index (κ2) is 6.70. The molecule has 1 aliphatic carbocycles. The minimum Gasteiger partial charge on any atom is -0.374 e. The number of aromatic nitrogens is 2. The maximum Gasteiger partial charge on any atom is 0.158 e. The van der Waals surface area contributed by atoms with Crippen molar-refractivity contribution < 1.29 is 4.74 Å². The molecule has 1 aromatic rings. The molecule has 0 bridgehead atoms. The highest BCUT2D eigenvalue weighted by Crippen LogP contribution is 2.30. The van der Waals surface area contributed by atoms with Crippen molar-refractivity contribution in [2.24, 2.45) is 5.92 Å². The molecule has 1 heterocycles. The summed E-state index contributed by atoms with van der Waals surface area (Å²) in [5, 5.41) is 6.56. The highest BCUT2D eigenvalue weighted by molar-refractivity contribution is 5.47. The van der Waals surface area contributed by atoms with E-state index < -0.39 is 0 Å². The van der Waals surface area contributed by atoms with Gasteiger partial charge in [0.1, 0.15) is 18.2 Å². The predicted molar refractivity (Wildman–Crippen MR) is 77.3 cm³/mol. The molecular formula is C14H24N4O. The van der Waals surface area contributed by atoms with Crippen LogP contribution in [0.5, 0.6) is 0 Å². The van der Waals surface area contributed by atoms with Crippen LogP contribution in [0.2, 0.25) is 0 Å². The minimum absolute atomic E-state index is 0.457. The van der Waals surface area contributed by atoms with Crippen molar-refractivity contribution in [3.8, 4) is 0 Å². The van der Waals surface area contributed by atoms with Gasteiger partial charge in [-0.2, -0.15) is 0 Å². The van der Waals surface area contributed by atoms with Crippen LogP contribution in [0.25, 0.3) is 0 Å². The number of nitrogens with zero attached hydrogens (tertiary/aromatic N) is 2. The molecule has 106 valence electrons. The second-order valence-electron chi connectivity index (χ2n) is 5.07. The first kappa shape index (κ1) is 14.1. The van der Waals surface area contributed by atoms with Crippen molar-refractivity contribution >= 4 is 11.6 Å². The monoisotopic (exact) mass is 264 g/mol. The summed E-state index contributed by atoms with van der Waals surface area (Å²) in [6, 6.07) is 2.42. The zero-order valence-corrected chi connectivity index (χ0v) is 12.1. The van der Waals surface area contributed by atoms with Gasteiger partial charge in [-0.15, -0.1) is 0 Å². The van der Waals surface area contributed by atoms with E-state index in [1.54, 1.807) is 0 Å². The van der Waals surface area contributed by atoms with Crippen LogP contribution >= 0.6 is 0 Å². The quantitative estimate of drug-likeness (QED) is 0.793. The minimum atomic E-state index is 0.457. The van der Waals surface area contributed by atoms with E-state index in [9.17, 15) is 0 Å². The molecule has 1 fully saturated rings. The predicted octanol–water partition coefficient (Wildman–Crippen LogP) is 2.66. The summed E-state index contributed by atoms with van der Waals surface area (Å²) < 4.78 is 5.38. The molecule has 0 amide bonds. The van der Waals surface area contributed by atoms with Crippen LogP contribution in [0.1, 0.15) is 38.9 Å². The van der Waals surface area contributed by atoms with Gasteiger partial charge in [0.2, 0.25) is 0 Å². The normalized spacial score (nSPS) is 16.8. The Balaban J connectivity index is 2.04. The van der Waals surface area contributed by atoms with E-state index in [0.29, 0.717) is 19.3 Å². The summed E-state index contributed by atoms with van der Waals surface area (Å²) in [7, 11) is 1.87. The largest absolute Gasteiger partial charge is 0.374 e. The van der Waals surface area contributed by atoms with Crippen LogP contribution in [-0.4, -0.2) is 29.7 Å². The Bertz CT molecular complexity index is 406. The van der Waals surface area contributed by atoms with Gasteiger partial charge in [-0.3, -0.25) is 0 Å². The summed E-state index contributed by atoms with van der Waals surface area (Å²) in [6.07, 6.45) is 4.01. The van der Waals surface area contributed by atoms with Crippen LogP contribution in [0.3, 0.4) is 0 Å². The van der Waals surface area contributed by atoms with E-state index in [4.69, 9.17) is 4.74 Å². The van der Waals surface area contributed by atoms with E-state index in [2.05, 4.69) is 27.5 Å². The highest BCUT2D eigenvalue weighted by Gasteiger charge is 2.24. The van der Waals surface area contributed by atoms with Gasteiger partial charge in [0.25, 0.3) is 0 Å². The summed E-state index contributed by atoms with van der Waals surface area (Å²) in [5.41, 5.74) is 0. The first-order valence-electron chi connectivity index (χ1n) is 7.13.